The molecule has 32 valence electrons. The summed E-state index contributed by atoms with van der Waals surface area (Å²) in [6.07, 6.45) is 2.53. The molecule has 6 heavy (non-hydrogen) atoms. The van der Waals surface area contributed by atoms with E-state index >= 15 is 0 Å². The van der Waals surface area contributed by atoms with Crippen LogP contribution in [0, 0.1) is 0 Å². The Morgan fingerprint density at radius 3 is 1.83 bits per heavy atom. The van der Waals surface area contributed by atoms with Crippen LogP contribution in [-0.4, -0.2) is 10.2 Å². The fourth-order valence-electron chi connectivity index (χ4n) is 0.136. The predicted molar refractivity (Wildman–Crippen MR) is 15.0 cm³/mol. The van der Waals surface area contributed by atoms with Crippen molar-refractivity contribution >= 4 is 0 Å². The molecule has 0 bridgehead atoms. The van der Waals surface area contributed by atoms with E-state index in [1.54, 1.807) is 0 Å². The maximum Gasteiger partial charge on any atom is 0.203 e. The van der Waals surface area contributed by atoms with Gasteiger partial charge in [0.25, 0.3) is 0 Å². The molecule has 1 rings (SSSR count). The summed E-state index contributed by atoms with van der Waals surface area (Å²) in [6, 6.07) is 0. The van der Waals surface area contributed by atoms with Crippen LogP contribution in [0.3, 0.4) is 0 Å². The molecular formula is C2H2N2O2. The van der Waals surface area contributed by atoms with Crippen molar-refractivity contribution in [3.63, 3.8) is 0 Å². The van der Waals surface area contributed by atoms with Crippen LogP contribution in [-0.2, 0) is 5.48 Å². The first-order valence-electron chi connectivity index (χ1n) is 1.19. The van der Waals surface area contributed by atoms with Gasteiger partial charge in [-0.2, -0.15) is 0 Å². The van der Waals surface area contributed by atoms with E-state index in [9.17, 15) is 0 Å². The Hall–Kier alpha value is -0.900. The summed E-state index contributed by atoms with van der Waals surface area (Å²) in [4.78, 5) is 0. The highest BCUT2D eigenvalue weighted by atomic mass is 16.3. The summed E-state index contributed by atoms with van der Waals surface area (Å²) in [5.74, 6) is 0. The molecule has 0 aliphatic rings. The number of aromatic nitrogens is 2. The Bertz CT molecular complexity index is 66.0. The van der Waals surface area contributed by atoms with Crippen molar-refractivity contribution in [2.45, 2.75) is 0 Å². The predicted octanol–water partition coefficient (Wildman–Crippen LogP) is -0.0492. The molecule has 0 aromatic carbocycles. The summed E-state index contributed by atoms with van der Waals surface area (Å²) in [6.45, 7) is 0. The number of hydrogen-bond donors (Lipinski definition) is 0. The fourth-order valence-corrected chi connectivity index (χ4v) is 0.136. The van der Waals surface area contributed by atoms with Crippen molar-refractivity contribution in [2.75, 3.05) is 0 Å². The Balaban J connectivity index is 0.000000250. The van der Waals surface area contributed by atoms with Crippen LogP contribution in [0.25, 0.3) is 0 Å². The molecule has 1 aromatic rings. The van der Waals surface area contributed by atoms with Crippen molar-refractivity contribution in [1.29, 1.82) is 0 Å². The quantitative estimate of drug-likeness (QED) is 0.444. The molecule has 0 aliphatic heterocycles. The molecule has 1 aromatic heterocycles. The lowest BCUT2D eigenvalue weighted by Gasteiger charge is -1.44. The number of nitrogens with zero attached hydrogens (tertiary/aromatic N) is 2. The minimum Gasteiger partial charge on any atom is -0.431 e. The van der Waals surface area contributed by atoms with Crippen LogP contribution in [0.15, 0.2) is 17.2 Å². The largest absolute Gasteiger partial charge is 0.431 e. The highest BCUT2D eigenvalue weighted by molar-refractivity contribution is 4.29. The maximum atomic E-state index is 4.36. The third kappa shape index (κ3) is 0.813. The van der Waals surface area contributed by atoms with Crippen molar-refractivity contribution in [2.24, 2.45) is 0 Å². The second-order valence-electron chi connectivity index (χ2n) is 0.578. The first-order chi connectivity index (χ1) is 2.50. The number of hydrogen-bond acceptors (Lipinski definition) is 3. The summed E-state index contributed by atoms with van der Waals surface area (Å²) in [5, 5.41) is 6.61. The van der Waals surface area contributed by atoms with Crippen molar-refractivity contribution in [1.82, 2.24) is 10.2 Å². The molecule has 0 fully saturated rings. The molecule has 0 aliphatic carbocycles. The van der Waals surface area contributed by atoms with Crippen LogP contribution >= 0.6 is 0 Å². The van der Waals surface area contributed by atoms with Gasteiger partial charge in [-0.25, -0.2) is 0 Å². The smallest absolute Gasteiger partial charge is 0.203 e. The van der Waals surface area contributed by atoms with Gasteiger partial charge >= 0.3 is 0 Å². The Morgan fingerprint density at radius 1 is 1.17 bits per heavy atom. The lowest BCUT2D eigenvalue weighted by molar-refractivity contribution is 0.553. The Labute approximate surface area is 34.1 Å². The summed E-state index contributed by atoms with van der Waals surface area (Å²) in [7, 11) is 0. The van der Waals surface area contributed by atoms with E-state index in [1.165, 1.54) is 12.8 Å². The average molecular weight is 86.0 g/mol. The van der Waals surface area contributed by atoms with E-state index in [1.807, 2.05) is 0 Å². The molecule has 4 heteroatoms. The van der Waals surface area contributed by atoms with Crippen molar-refractivity contribution < 1.29 is 9.89 Å². The van der Waals surface area contributed by atoms with Gasteiger partial charge < -0.3 is 4.42 Å². The van der Waals surface area contributed by atoms with Gasteiger partial charge in [-0.1, -0.05) is 0 Å². The average Bonchev–Trinajstić information content (AvgIpc) is 1.76. The zero-order valence-corrected chi connectivity index (χ0v) is 2.87. The van der Waals surface area contributed by atoms with Crippen LogP contribution in [0.5, 0.6) is 0 Å². The molecule has 0 saturated heterocycles. The highest BCUT2D eigenvalue weighted by Gasteiger charge is 1.60. The zero-order valence-electron chi connectivity index (χ0n) is 2.87. The molecule has 4 nitrogen and oxygen atoms in total. The topological polar surface area (TPSA) is 67.4 Å². The standard InChI is InChI=1S/C2H2N2O.O/c1-3-4-2-5-1;/h1-2H;. The molecule has 0 atom stereocenters. The Kier molecular flexibility index (Phi) is 1.99. The van der Waals surface area contributed by atoms with Crippen LogP contribution in [0.4, 0.5) is 0 Å². The van der Waals surface area contributed by atoms with E-state index in [0.29, 0.717) is 0 Å². The normalized spacial score (nSPS) is 6.67. The van der Waals surface area contributed by atoms with E-state index in [-0.39, 0.29) is 5.48 Å². The van der Waals surface area contributed by atoms with Crippen LogP contribution in [0.1, 0.15) is 0 Å². The lowest BCUT2D eigenvalue weighted by Crippen LogP contribution is -1.53. The molecule has 0 unspecified atom stereocenters. The lowest BCUT2D eigenvalue weighted by atomic mass is 11.5. The minimum absolute atomic E-state index is 0. The molecular weight excluding hydrogens is 84.0 g/mol. The van der Waals surface area contributed by atoms with E-state index < -0.39 is 0 Å². The first kappa shape index (κ1) is 5.10. The van der Waals surface area contributed by atoms with Gasteiger partial charge in [-0.05, 0) is 0 Å². The van der Waals surface area contributed by atoms with Gasteiger partial charge in [0.2, 0.25) is 12.8 Å². The van der Waals surface area contributed by atoms with Crippen molar-refractivity contribution in [3.05, 3.63) is 12.8 Å². The Morgan fingerprint density at radius 2 is 1.67 bits per heavy atom. The SMILES string of the molecule is [O].c1nnco1. The molecule has 0 spiro atoms. The highest BCUT2D eigenvalue weighted by Crippen LogP contribution is 1.64. The van der Waals surface area contributed by atoms with Gasteiger partial charge in [0.15, 0.2) is 0 Å². The zero-order chi connectivity index (χ0) is 3.54. The van der Waals surface area contributed by atoms with Crippen molar-refractivity contribution in [3.8, 4) is 0 Å². The second-order valence-corrected chi connectivity index (χ2v) is 0.578. The molecule has 1 heterocycles. The fraction of sp³-hybridized carbons (Fsp3) is 0. The number of rotatable bonds is 0. The monoisotopic (exact) mass is 86.0 g/mol. The van der Waals surface area contributed by atoms with Crippen LogP contribution < -0.4 is 0 Å². The summed E-state index contributed by atoms with van der Waals surface area (Å²) >= 11 is 0. The molecule has 0 amide bonds. The van der Waals surface area contributed by atoms with Crippen LogP contribution in [0.2, 0.25) is 0 Å². The van der Waals surface area contributed by atoms with Gasteiger partial charge in [0, 0.05) is 5.48 Å². The summed E-state index contributed by atoms with van der Waals surface area (Å²) in [5.41, 5.74) is 0. The second kappa shape index (κ2) is 2.34. The van der Waals surface area contributed by atoms with Gasteiger partial charge in [0.1, 0.15) is 0 Å². The third-order valence-corrected chi connectivity index (χ3v) is 0.283. The molecule has 0 saturated carbocycles. The summed E-state index contributed by atoms with van der Waals surface area (Å²) < 4.78 is 4.36. The first-order valence-corrected chi connectivity index (χ1v) is 1.19. The van der Waals surface area contributed by atoms with E-state index in [2.05, 4.69) is 14.6 Å². The van der Waals surface area contributed by atoms with Gasteiger partial charge in [-0.3, -0.25) is 0 Å². The van der Waals surface area contributed by atoms with E-state index in [0.717, 1.165) is 0 Å². The van der Waals surface area contributed by atoms with Gasteiger partial charge in [0.05, 0.1) is 0 Å². The van der Waals surface area contributed by atoms with Gasteiger partial charge in [-0.15, -0.1) is 10.2 Å². The molecule has 2 radical (unpaired) electrons. The molecule has 0 N–H and O–H groups in total. The maximum absolute atomic E-state index is 4.36. The van der Waals surface area contributed by atoms with E-state index in [4.69, 9.17) is 0 Å². The minimum atomic E-state index is 0. The third-order valence-electron chi connectivity index (χ3n) is 0.283.